The first-order chi connectivity index (χ1) is 12.2. The number of hydrogen-bond donors (Lipinski definition) is 2. The summed E-state index contributed by atoms with van der Waals surface area (Å²) in [4.78, 5) is 24.7. The van der Waals surface area contributed by atoms with Crippen molar-refractivity contribution in [2.75, 3.05) is 6.61 Å². The van der Waals surface area contributed by atoms with Crippen LogP contribution in [0.4, 0.5) is 0 Å². The quantitative estimate of drug-likeness (QED) is 0.703. The fourth-order valence-corrected chi connectivity index (χ4v) is 2.94. The highest BCUT2D eigenvalue weighted by Gasteiger charge is 2.21. The zero-order valence-electron chi connectivity index (χ0n) is 16.5. The number of nitrogens with two attached hydrogens (primary N) is 2. The van der Waals surface area contributed by atoms with E-state index in [4.69, 9.17) is 16.2 Å². The van der Waals surface area contributed by atoms with E-state index in [0.29, 0.717) is 40.9 Å². The molecule has 0 aliphatic carbocycles. The summed E-state index contributed by atoms with van der Waals surface area (Å²) in [6, 6.07) is 4.84. The van der Waals surface area contributed by atoms with Gasteiger partial charge in [0.25, 0.3) is 5.56 Å². The van der Waals surface area contributed by atoms with Crippen LogP contribution in [0.25, 0.3) is 10.8 Å². The minimum absolute atomic E-state index is 0. The van der Waals surface area contributed by atoms with Gasteiger partial charge in [0.1, 0.15) is 5.75 Å². The van der Waals surface area contributed by atoms with Gasteiger partial charge >= 0.3 is 0 Å². The van der Waals surface area contributed by atoms with E-state index >= 15 is 0 Å². The lowest BCUT2D eigenvalue weighted by Crippen LogP contribution is -2.31. The first-order valence-corrected chi connectivity index (χ1v) is 9.01. The molecule has 1 amide bonds. The summed E-state index contributed by atoms with van der Waals surface area (Å²) >= 11 is 0. The molecular formula is C20H30ClN3O3. The molecule has 7 heteroatoms. The number of amides is 1. The maximum Gasteiger partial charge on any atom is 0.258 e. The molecule has 0 saturated heterocycles. The van der Waals surface area contributed by atoms with Crippen LogP contribution in [0, 0.1) is 5.41 Å². The SMILES string of the molecule is CCCCOc1c(CN)n(CC(C)(C)C)c(=O)c2ccc(C(N)=O)cc12.Cl. The fourth-order valence-electron chi connectivity index (χ4n) is 2.94. The lowest BCUT2D eigenvalue weighted by Gasteiger charge is -2.25. The molecule has 0 bridgehead atoms. The van der Waals surface area contributed by atoms with Gasteiger partial charge in [-0.05, 0) is 30.0 Å². The first kappa shape index (κ1) is 23.0. The van der Waals surface area contributed by atoms with Crippen molar-refractivity contribution in [3.8, 4) is 5.75 Å². The Bertz CT molecular complexity index is 869. The molecule has 2 rings (SSSR count). The Kier molecular flexibility index (Phi) is 7.87. The summed E-state index contributed by atoms with van der Waals surface area (Å²) in [7, 11) is 0. The van der Waals surface area contributed by atoms with E-state index < -0.39 is 5.91 Å². The molecule has 0 atom stereocenters. The topological polar surface area (TPSA) is 100 Å². The molecule has 1 heterocycles. The molecule has 1 aromatic carbocycles. The van der Waals surface area contributed by atoms with E-state index in [2.05, 4.69) is 27.7 Å². The summed E-state index contributed by atoms with van der Waals surface area (Å²) in [6.45, 7) is 9.50. The average Bonchev–Trinajstić information content (AvgIpc) is 2.57. The number of hydrogen-bond acceptors (Lipinski definition) is 4. The number of primary amides is 1. The van der Waals surface area contributed by atoms with Crippen molar-refractivity contribution >= 4 is 29.1 Å². The monoisotopic (exact) mass is 395 g/mol. The number of benzene rings is 1. The molecule has 0 unspecified atom stereocenters. The maximum atomic E-state index is 13.1. The van der Waals surface area contributed by atoms with E-state index in [0.717, 1.165) is 12.8 Å². The number of pyridine rings is 1. The second-order valence-electron chi connectivity index (χ2n) is 7.76. The van der Waals surface area contributed by atoms with Crippen LogP contribution in [-0.2, 0) is 13.1 Å². The highest BCUT2D eigenvalue weighted by molar-refractivity contribution is 5.99. The number of unbranched alkanes of at least 4 members (excludes halogenated alkanes) is 1. The molecule has 0 fully saturated rings. The minimum atomic E-state index is -0.542. The van der Waals surface area contributed by atoms with Gasteiger partial charge in [-0.15, -0.1) is 12.4 Å². The first-order valence-electron chi connectivity index (χ1n) is 9.01. The van der Waals surface area contributed by atoms with Gasteiger partial charge in [-0.2, -0.15) is 0 Å². The summed E-state index contributed by atoms with van der Waals surface area (Å²) in [5.74, 6) is 0.0301. The Labute approximate surface area is 166 Å². The number of aromatic nitrogens is 1. The van der Waals surface area contributed by atoms with Crippen LogP contribution in [0.2, 0.25) is 0 Å². The Morgan fingerprint density at radius 1 is 1.22 bits per heavy atom. The number of halogens is 1. The van der Waals surface area contributed by atoms with Crippen LogP contribution in [0.15, 0.2) is 23.0 Å². The predicted molar refractivity (Wildman–Crippen MR) is 112 cm³/mol. The third kappa shape index (κ3) is 5.23. The molecule has 1 aromatic heterocycles. The van der Waals surface area contributed by atoms with Crippen molar-refractivity contribution in [2.24, 2.45) is 16.9 Å². The molecule has 150 valence electrons. The van der Waals surface area contributed by atoms with Crippen molar-refractivity contribution in [1.82, 2.24) is 4.57 Å². The molecule has 2 aromatic rings. The Balaban J connectivity index is 0.00000364. The summed E-state index contributed by atoms with van der Waals surface area (Å²) in [6.07, 6.45) is 1.88. The second-order valence-corrected chi connectivity index (χ2v) is 7.76. The van der Waals surface area contributed by atoms with Crippen molar-refractivity contribution in [2.45, 2.75) is 53.6 Å². The van der Waals surface area contributed by atoms with Crippen molar-refractivity contribution < 1.29 is 9.53 Å². The lowest BCUT2D eigenvalue weighted by atomic mass is 9.96. The maximum absolute atomic E-state index is 13.1. The van der Waals surface area contributed by atoms with Crippen LogP contribution in [-0.4, -0.2) is 17.1 Å². The highest BCUT2D eigenvalue weighted by atomic mass is 35.5. The number of ether oxygens (including phenoxy) is 1. The normalized spacial score (nSPS) is 11.3. The average molecular weight is 396 g/mol. The number of carbonyl (C=O) groups is 1. The second kappa shape index (κ2) is 9.24. The van der Waals surface area contributed by atoms with E-state index in [1.807, 2.05) is 0 Å². The van der Waals surface area contributed by atoms with Gasteiger partial charge in [-0.1, -0.05) is 34.1 Å². The van der Waals surface area contributed by atoms with Crippen molar-refractivity contribution in [1.29, 1.82) is 0 Å². The zero-order chi connectivity index (χ0) is 19.5. The standard InChI is InChI=1S/C20H29N3O3.ClH/c1-5-6-9-26-17-15-10-13(18(22)24)7-8-14(15)19(25)23(16(17)11-21)12-20(2,3)4;/h7-8,10H,5-6,9,11-12,21H2,1-4H3,(H2,22,24);1H. The Morgan fingerprint density at radius 2 is 1.89 bits per heavy atom. The van der Waals surface area contributed by atoms with E-state index in [1.54, 1.807) is 22.8 Å². The van der Waals surface area contributed by atoms with Gasteiger partial charge < -0.3 is 20.8 Å². The third-order valence-corrected chi connectivity index (χ3v) is 4.18. The van der Waals surface area contributed by atoms with Crippen LogP contribution >= 0.6 is 12.4 Å². The summed E-state index contributed by atoms with van der Waals surface area (Å²) < 4.78 is 7.74. The third-order valence-electron chi connectivity index (χ3n) is 4.18. The van der Waals surface area contributed by atoms with Crippen molar-refractivity contribution in [3.63, 3.8) is 0 Å². The lowest BCUT2D eigenvalue weighted by molar-refractivity contribution is 0.100. The molecule has 0 radical (unpaired) electrons. The van der Waals surface area contributed by atoms with Gasteiger partial charge in [0.05, 0.1) is 17.7 Å². The van der Waals surface area contributed by atoms with Gasteiger partial charge in [0.15, 0.2) is 0 Å². The van der Waals surface area contributed by atoms with E-state index in [9.17, 15) is 9.59 Å². The molecule has 0 aliphatic rings. The number of carbonyl (C=O) groups excluding carboxylic acids is 1. The molecule has 0 saturated carbocycles. The van der Waals surface area contributed by atoms with Crippen molar-refractivity contribution in [3.05, 3.63) is 39.8 Å². The number of nitrogens with zero attached hydrogens (tertiary/aromatic N) is 1. The minimum Gasteiger partial charge on any atom is -0.491 e. The van der Waals surface area contributed by atoms with E-state index in [1.165, 1.54) is 0 Å². The fraction of sp³-hybridized carbons (Fsp3) is 0.500. The summed E-state index contributed by atoms with van der Waals surface area (Å²) in [5.41, 5.74) is 12.2. The largest absolute Gasteiger partial charge is 0.491 e. The molecule has 4 N–H and O–H groups in total. The molecular weight excluding hydrogens is 366 g/mol. The van der Waals surface area contributed by atoms with Gasteiger partial charge in [-0.3, -0.25) is 9.59 Å². The predicted octanol–water partition coefficient (Wildman–Crippen LogP) is 3.21. The molecule has 6 nitrogen and oxygen atoms in total. The van der Waals surface area contributed by atoms with Crippen LogP contribution in [0.1, 0.15) is 56.6 Å². The van der Waals surface area contributed by atoms with Crippen LogP contribution in [0.3, 0.4) is 0 Å². The molecule has 0 spiro atoms. The van der Waals surface area contributed by atoms with E-state index in [-0.39, 0.29) is 29.9 Å². The molecule has 0 aliphatic heterocycles. The Hall–Kier alpha value is -2.05. The van der Waals surface area contributed by atoms with Gasteiger partial charge in [-0.25, -0.2) is 0 Å². The zero-order valence-corrected chi connectivity index (χ0v) is 17.3. The number of fused-ring (bicyclic) bond motifs is 1. The van der Waals surface area contributed by atoms with Crippen LogP contribution < -0.4 is 21.8 Å². The summed E-state index contributed by atoms with van der Waals surface area (Å²) in [5, 5.41) is 1.09. The van der Waals surface area contributed by atoms with Gasteiger partial charge in [0.2, 0.25) is 5.91 Å². The van der Waals surface area contributed by atoms with Gasteiger partial charge in [0, 0.05) is 24.0 Å². The molecule has 27 heavy (non-hydrogen) atoms. The Morgan fingerprint density at radius 3 is 2.41 bits per heavy atom. The smallest absolute Gasteiger partial charge is 0.258 e. The highest BCUT2D eigenvalue weighted by Crippen LogP contribution is 2.30. The van der Waals surface area contributed by atoms with Crippen LogP contribution in [0.5, 0.6) is 5.75 Å². The number of rotatable bonds is 7.